The summed E-state index contributed by atoms with van der Waals surface area (Å²) in [5, 5.41) is 11.2. The maximum Gasteiger partial charge on any atom is 0.238 e. The Bertz CT molecular complexity index is 8860. The molecule has 0 fully saturated rings. The van der Waals surface area contributed by atoms with E-state index >= 15 is 0 Å². The lowest BCUT2D eigenvalue weighted by Gasteiger charge is -2.11. The fourth-order valence-electron chi connectivity index (χ4n) is 17.9. The third-order valence-electron chi connectivity index (χ3n) is 23.8. The minimum atomic E-state index is 0.562. The SMILES string of the molecule is c1ccc(-c2ccc3c(c2)c2ccccc2n3-c2nc(-c3ccccc3)nc(-c3ccc4sc5cccc(-c6nc(-c7ccccc7)c7sc8ccccc8c7n6)c5c4c3)n2)cc1.c1ccc(-c2ccc3c(c2)c2ccccc2n3-c2nc(-c3ccccc3)nc(-c3cccc4c3sc3cc(-c5nc(-c6ccccc6)c6oc7ccccc7c6n5)ccc34)n2)cc1. The molecule has 10 aromatic heterocycles. The Morgan fingerprint density at radius 1 is 0.206 bits per heavy atom. The topological polar surface area (TPSA) is 152 Å². The van der Waals surface area contributed by atoms with Gasteiger partial charge in [-0.15, -0.1) is 34.0 Å². The zero-order chi connectivity index (χ0) is 82.9. The predicted molar refractivity (Wildman–Crippen MR) is 520 cm³/mol. The summed E-state index contributed by atoms with van der Waals surface area (Å²) in [5.41, 5.74) is 21.4. The van der Waals surface area contributed by atoms with E-state index in [0.29, 0.717) is 52.4 Å². The molecule has 0 saturated carbocycles. The Morgan fingerprint density at radius 3 is 1.26 bits per heavy atom. The first-order valence-corrected chi connectivity index (χ1v) is 44.1. The van der Waals surface area contributed by atoms with Gasteiger partial charge in [0.2, 0.25) is 11.9 Å². The number of benzene rings is 16. The molecule has 16 aromatic carbocycles. The van der Waals surface area contributed by atoms with Gasteiger partial charge in [-0.2, -0.15) is 19.9 Å². The molecule has 16 heteroatoms. The molecule has 0 aliphatic rings. The van der Waals surface area contributed by atoms with Crippen molar-refractivity contribution in [1.29, 1.82) is 0 Å². The van der Waals surface area contributed by atoms with Gasteiger partial charge in [-0.3, -0.25) is 9.13 Å². The molecule has 0 amide bonds. The Labute approximate surface area is 731 Å². The third kappa shape index (κ3) is 12.3. The van der Waals surface area contributed by atoms with Gasteiger partial charge in [0.05, 0.1) is 38.0 Å². The highest BCUT2D eigenvalue weighted by atomic mass is 32.1. The van der Waals surface area contributed by atoms with Crippen LogP contribution in [0.1, 0.15) is 0 Å². The first kappa shape index (κ1) is 72.6. The van der Waals surface area contributed by atoms with Crippen LogP contribution in [0, 0.1) is 0 Å². The third-order valence-corrected chi connectivity index (χ3v) is 27.3. The van der Waals surface area contributed by atoms with E-state index in [1.54, 1.807) is 34.0 Å². The fraction of sp³-hybridized carbons (Fsp3) is 0. The number of thiophene rings is 3. The molecule has 13 nitrogen and oxygen atoms in total. The zero-order valence-electron chi connectivity index (χ0n) is 66.9. The van der Waals surface area contributed by atoms with Gasteiger partial charge < -0.3 is 4.42 Å². The van der Waals surface area contributed by atoms with Crippen LogP contribution in [0.25, 0.3) is 251 Å². The van der Waals surface area contributed by atoms with E-state index < -0.39 is 0 Å². The number of aromatic nitrogens is 12. The second-order valence-electron chi connectivity index (χ2n) is 31.3. The van der Waals surface area contributed by atoms with Crippen LogP contribution in [0.5, 0.6) is 0 Å². The Balaban J connectivity index is 0.000000137. The fourth-order valence-corrected chi connectivity index (χ4v) is 21.4. The van der Waals surface area contributed by atoms with Crippen molar-refractivity contribution in [2.24, 2.45) is 0 Å². The number of nitrogens with zero attached hydrogens (tertiary/aromatic N) is 12. The number of hydrogen-bond acceptors (Lipinski definition) is 14. The maximum atomic E-state index is 6.39. The number of hydrogen-bond donors (Lipinski definition) is 0. The number of rotatable bonds is 12. The van der Waals surface area contributed by atoms with E-state index in [-0.39, 0.29) is 0 Å². The lowest BCUT2D eigenvalue weighted by molar-refractivity contribution is 0.667. The van der Waals surface area contributed by atoms with E-state index in [2.05, 4.69) is 312 Å². The molecule has 0 saturated heterocycles. The molecule has 0 spiro atoms. The van der Waals surface area contributed by atoms with Crippen LogP contribution in [0.3, 0.4) is 0 Å². The highest BCUT2D eigenvalue weighted by Crippen LogP contribution is 2.48. The zero-order valence-corrected chi connectivity index (χ0v) is 69.4. The van der Waals surface area contributed by atoms with Crippen molar-refractivity contribution in [1.82, 2.24) is 59.0 Å². The smallest absolute Gasteiger partial charge is 0.238 e. The molecular weight excluding hydrogens is 1600 g/mol. The minimum absolute atomic E-state index is 0.562. The van der Waals surface area contributed by atoms with Crippen molar-refractivity contribution >= 4 is 160 Å². The van der Waals surface area contributed by atoms with E-state index in [0.717, 1.165) is 174 Å². The van der Waals surface area contributed by atoms with Crippen LogP contribution in [0.4, 0.5) is 0 Å². The molecule has 0 atom stereocenters. The summed E-state index contributed by atoms with van der Waals surface area (Å²) >= 11 is 5.26. The number of fused-ring (bicyclic) bond motifs is 18. The molecule has 26 aromatic rings. The second-order valence-corrected chi connectivity index (χ2v) is 34.4. The van der Waals surface area contributed by atoms with Crippen LogP contribution in [-0.2, 0) is 0 Å². The molecule has 588 valence electrons. The normalized spacial score (nSPS) is 11.8. The number of para-hydroxylation sites is 3. The summed E-state index contributed by atoms with van der Waals surface area (Å²) in [6.07, 6.45) is 0. The van der Waals surface area contributed by atoms with Crippen LogP contribution >= 0.6 is 34.0 Å². The highest BCUT2D eigenvalue weighted by molar-refractivity contribution is 7.27. The van der Waals surface area contributed by atoms with Crippen molar-refractivity contribution < 1.29 is 4.42 Å². The lowest BCUT2D eigenvalue weighted by Crippen LogP contribution is -2.06. The molecule has 0 unspecified atom stereocenters. The Morgan fingerprint density at radius 2 is 0.627 bits per heavy atom. The van der Waals surface area contributed by atoms with Crippen molar-refractivity contribution in [3.63, 3.8) is 0 Å². The summed E-state index contributed by atoms with van der Waals surface area (Å²) in [5.74, 6) is 4.89. The van der Waals surface area contributed by atoms with E-state index in [9.17, 15) is 0 Å². The van der Waals surface area contributed by atoms with E-state index in [1.807, 2.05) is 84.9 Å². The predicted octanol–water partition coefficient (Wildman–Crippen LogP) is 29.2. The summed E-state index contributed by atoms with van der Waals surface area (Å²) in [6.45, 7) is 0. The average Bonchev–Trinajstić information content (AvgIpc) is 1.58. The van der Waals surface area contributed by atoms with Crippen LogP contribution in [0.15, 0.2) is 393 Å². The largest absolute Gasteiger partial charge is 0.452 e. The van der Waals surface area contributed by atoms with Crippen LogP contribution < -0.4 is 0 Å². The second kappa shape index (κ2) is 29.8. The summed E-state index contributed by atoms with van der Waals surface area (Å²) in [6, 6.07) is 135. The summed E-state index contributed by atoms with van der Waals surface area (Å²) < 4.78 is 17.6. The maximum absolute atomic E-state index is 6.39. The standard InChI is InChI=1S/C55H32N6OS.C55H32N6S2/c1-4-15-33(16-5-1)36-28-30-45-43(31-36)38-21-10-12-25-44(38)61(45)55-59-52(35-19-8-3-9-20-35)58-54(60-55)42-24-14-23-40-39-29-27-37(32-47(39)63-51(40)42)53-56-48(34-17-6-2-7-18-34)50-49(57-53)41-22-11-13-26-46(41)62-50;1-4-15-33(16-5-1)36-27-29-44-41(31-36)38-21-10-12-24-43(38)61(44)55-59-52(35-19-8-3-9-20-35)58-53(60-55)37-28-30-46-42(32-37)48-40(23-14-26-47(48)62-46)54-56-49(34-17-6-2-7-18-34)51-50(57-54)39-22-11-13-25-45(39)63-51/h2*1-32H. The van der Waals surface area contributed by atoms with Gasteiger partial charge in [0, 0.05) is 122 Å². The molecule has 0 aliphatic carbocycles. The Hall–Kier alpha value is -16.2. The summed E-state index contributed by atoms with van der Waals surface area (Å²) in [7, 11) is 0. The lowest BCUT2D eigenvalue weighted by atomic mass is 10.0. The molecule has 0 bridgehead atoms. The molecular formula is C110H64N12OS3. The molecule has 0 aliphatic heterocycles. The van der Waals surface area contributed by atoms with Crippen LogP contribution in [-0.4, -0.2) is 59.0 Å². The van der Waals surface area contributed by atoms with Crippen molar-refractivity contribution in [2.45, 2.75) is 0 Å². The minimum Gasteiger partial charge on any atom is -0.452 e. The van der Waals surface area contributed by atoms with Gasteiger partial charge in [-0.1, -0.05) is 297 Å². The Kier molecular flexibility index (Phi) is 17.2. The van der Waals surface area contributed by atoms with Crippen LogP contribution in [0.2, 0.25) is 0 Å². The van der Waals surface area contributed by atoms with Gasteiger partial charge in [0.1, 0.15) is 16.8 Å². The molecule has 0 N–H and O–H groups in total. The van der Waals surface area contributed by atoms with Gasteiger partial charge in [-0.05, 0) is 113 Å². The monoisotopic (exact) mass is 1660 g/mol. The van der Waals surface area contributed by atoms with Gasteiger partial charge in [0.15, 0.2) is 40.5 Å². The number of furan rings is 1. The molecule has 10 heterocycles. The summed E-state index contributed by atoms with van der Waals surface area (Å²) in [4.78, 5) is 52.6. The highest BCUT2D eigenvalue weighted by Gasteiger charge is 2.27. The van der Waals surface area contributed by atoms with E-state index in [1.165, 1.54) is 25.2 Å². The molecule has 26 rings (SSSR count). The average molecular weight is 1670 g/mol. The molecule has 0 radical (unpaired) electrons. The van der Waals surface area contributed by atoms with E-state index in [4.69, 9.17) is 54.3 Å². The van der Waals surface area contributed by atoms with Gasteiger partial charge >= 0.3 is 0 Å². The first-order chi connectivity index (χ1) is 62.4. The van der Waals surface area contributed by atoms with Gasteiger partial charge in [0.25, 0.3) is 0 Å². The first-order valence-electron chi connectivity index (χ1n) is 41.7. The van der Waals surface area contributed by atoms with Crippen molar-refractivity contribution in [2.75, 3.05) is 0 Å². The molecule has 126 heavy (non-hydrogen) atoms. The van der Waals surface area contributed by atoms with Crippen molar-refractivity contribution in [3.8, 4) is 125 Å². The van der Waals surface area contributed by atoms with Crippen molar-refractivity contribution in [3.05, 3.63) is 388 Å². The quantitative estimate of drug-likeness (QED) is 0.115. The van der Waals surface area contributed by atoms with Gasteiger partial charge in [-0.25, -0.2) is 29.9 Å².